The van der Waals surface area contributed by atoms with Gasteiger partial charge in [-0.05, 0) is 54.6 Å². The third kappa shape index (κ3) is 4.22. The summed E-state index contributed by atoms with van der Waals surface area (Å²) in [6.45, 7) is 7.50. The predicted molar refractivity (Wildman–Crippen MR) is 141 cm³/mol. The minimum atomic E-state index is -3.68. The van der Waals surface area contributed by atoms with E-state index in [1.165, 1.54) is 0 Å². The molecule has 7 heteroatoms. The van der Waals surface area contributed by atoms with Gasteiger partial charge in [-0.15, -0.1) is 0 Å². The monoisotopic (exact) mass is 473 g/mol. The summed E-state index contributed by atoms with van der Waals surface area (Å²) >= 11 is 0. The lowest BCUT2D eigenvalue weighted by molar-refractivity contribution is 0.609. The zero-order valence-corrected chi connectivity index (χ0v) is 20.5. The largest absolute Gasteiger partial charge is 0.344 e. The van der Waals surface area contributed by atoms with E-state index in [2.05, 4.69) is 42.2 Å². The first-order chi connectivity index (χ1) is 16.1. The molecule has 0 unspecified atom stereocenters. The molecule has 0 saturated carbocycles. The van der Waals surface area contributed by atoms with Gasteiger partial charge in [-0.3, -0.25) is 9.52 Å². The number of hydrogen-bond acceptors (Lipinski definition) is 4. The van der Waals surface area contributed by atoms with Gasteiger partial charge in [0.1, 0.15) is 0 Å². The second-order valence-electron chi connectivity index (χ2n) is 8.35. The van der Waals surface area contributed by atoms with Crippen LogP contribution in [-0.2, 0) is 17.1 Å². The topological polar surface area (TPSA) is 71.4 Å². The van der Waals surface area contributed by atoms with E-state index in [1.807, 2.05) is 37.4 Å². The summed E-state index contributed by atoms with van der Waals surface area (Å²) in [4.78, 5) is 14.9. The van der Waals surface area contributed by atoms with Crippen molar-refractivity contribution in [3.8, 4) is 11.1 Å². The molecule has 1 N–H and O–H groups in total. The molecule has 3 aromatic carbocycles. The van der Waals surface area contributed by atoms with Crippen LogP contribution in [0.4, 0.5) is 17.1 Å². The van der Waals surface area contributed by atoms with Gasteiger partial charge in [0.15, 0.2) is 0 Å². The second kappa shape index (κ2) is 8.83. The number of para-hydroxylation sites is 1. The molecule has 0 aliphatic heterocycles. The predicted octanol–water partition coefficient (Wildman–Crippen LogP) is 5.48. The molecule has 0 bridgehead atoms. The van der Waals surface area contributed by atoms with E-state index in [1.54, 1.807) is 36.0 Å². The van der Waals surface area contributed by atoms with Crippen LogP contribution in [-0.4, -0.2) is 20.0 Å². The van der Waals surface area contributed by atoms with Gasteiger partial charge in [0.2, 0.25) is 0 Å². The van der Waals surface area contributed by atoms with Crippen LogP contribution in [0.1, 0.15) is 11.1 Å². The molecule has 0 aliphatic carbocycles. The molecular weight excluding hydrogens is 446 g/mol. The fourth-order valence-electron chi connectivity index (χ4n) is 4.40. The SMILES string of the molecule is C=CS(=O)(=O)Nc1ccc(N(C)c2c(C)cccc2C)c(-c2cn(C)c(=O)c3ccccc23)c1. The molecule has 6 nitrogen and oxygen atoms in total. The molecule has 0 saturated heterocycles. The number of hydrogen-bond donors (Lipinski definition) is 1. The zero-order chi connectivity index (χ0) is 24.6. The molecule has 0 atom stereocenters. The molecule has 174 valence electrons. The maximum Gasteiger partial charge on any atom is 0.258 e. The van der Waals surface area contributed by atoms with E-state index < -0.39 is 10.0 Å². The number of benzene rings is 3. The molecule has 0 radical (unpaired) electrons. The van der Waals surface area contributed by atoms with Gasteiger partial charge in [0.25, 0.3) is 15.6 Å². The normalized spacial score (nSPS) is 11.4. The van der Waals surface area contributed by atoms with E-state index >= 15 is 0 Å². The molecular formula is C27H27N3O3S. The number of nitrogens with one attached hydrogen (secondary N) is 1. The van der Waals surface area contributed by atoms with Gasteiger partial charge in [0.05, 0.1) is 0 Å². The quantitative estimate of drug-likeness (QED) is 0.403. The molecule has 4 rings (SSSR count). The van der Waals surface area contributed by atoms with Crippen LogP contribution >= 0.6 is 0 Å². The van der Waals surface area contributed by atoms with Gasteiger partial charge < -0.3 is 9.47 Å². The fourth-order valence-corrected chi connectivity index (χ4v) is 4.94. The highest BCUT2D eigenvalue weighted by Gasteiger charge is 2.19. The lowest BCUT2D eigenvalue weighted by Gasteiger charge is -2.27. The first-order valence-corrected chi connectivity index (χ1v) is 12.4. The van der Waals surface area contributed by atoms with Crippen LogP contribution in [0, 0.1) is 13.8 Å². The maximum atomic E-state index is 12.8. The number of pyridine rings is 1. The zero-order valence-electron chi connectivity index (χ0n) is 19.7. The van der Waals surface area contributed by atoms with Crippen LogP contribution in [0.5, 0.6) is 0 Å². The lowest BCUT2D eigenvalue weighted by atomic mass is 9.97. The molecule has 0 spiro atoms. The van der Waals surface area contributed by atoms with E-state index in [0.717, 1.165) is 44.4 Å². The third-order valence-corrected chi connectivity index (χ3v) is 6.95. The van der Waals surface area contributed by atoms with Crippen molar-refractivity contribution in [2.75, 3.05) is 16.7 Å². The minimum absolute atomic E-state index is 0.0903. The smallest absolute Gasteiger partial charge is 0.258 e. The third-order valence-electron chi connectivity index (χ3n) is 5.99. The molecule has 34 heavy (non-hydrogen) atoms. The van der Waals surface area contributed by atoms with Crippen LogP contribution in [0.15, 0.2) is 83.6 Å². The summed E-state index contributed by atoms with van der Waals surface area (Å²) in [7, 11) is 0.0291. The van der Waals surface area contributed by atoms with Crippen molar-refractivity contribution in [1.29, 1.82) is 0 Å². The summed E-state index contributed by atoms with van der Waals surface area (Å²) in [5.74, 6) is 0. The number of rotatable bonds is 6. The highest BCUT2D eigenvalue weighted by molar-refractivity contribution is 7.95. The Morgan fingerprint density at radius 3 is 2.24 bits per heavy atom. The van der Waals surface area contributed by atoms with Crippen LogP contribution < -0.4 is 15.2 Å². The highest BCUT2D eigenvalue weighted by Crippen LogP contribution is 2.40. The second-order valence-corrected chi connectivity index (χ2v) is 9.98. The maximum absolute atomic E-state index is 12.8. The van der Waals surface area contributed by atoms with Crippen LogP contribution in [0.25, 0.3) is 21.9 Å². The first kappa shape index (κ1) is 23.3. The molecule has 0 fully saturated rings. The lowest BCUT2D eigenvalue weighted by Crippen LogP contribution is -2.18. The Morgan fingerprint density at radius 2 is 1.59 bits per heavy atom. The Hall–Kier alpha value is -3.84. The number of anilines is 3. The van der Waals surface area contributed by atoms with E-state index in [4.69, 9.17) is 0 Å². The Kier molecular flexibility index (Phi) is 6.06. The number of nitrogens with zero attached hydrogens (tertiary/aromatic N) is 2. The van der Waals surface area contributed by atoms with Crippen molar-refractivity contribution in [1.82, 2.24) is 4.57 Å². The number of sulfonamides is 1. The summed E-state index contributed by atoms with van der Waals surface area (Å²) in [5, 5.41) is 2.27. The highest BCUT2D eigenvalue weighted by atomic mass is 32.2. The number of fused-ring (bicyclic) bond motifs is 1. The summed E-state index contributed by atoms with van der Waals surface area (Å²) < 4.78 is 28.4. The minimum Gasteiger partial charge on any atom is -0.344 e. The van der Waals surface area contributed by atoms with Crippen molar-refractivity contribution in [2.45, 2.75) is 13.8 Å². The molecule has 1 aromatic heterocycles. The van der Waals surface area contributed by atoms with Gasteiger partial charge in [-0.1, -0.05) is 43.0 Å². The molecule has 1 heterocycles. The Morgan fingerprint density at radius 1 is 0.941 bits per heavy atom. The van der Waals surface area contributed by atoms with Gasteiger partial charge in [-0.2, -0.15) is 0 Å². The van der Waals surface area contributed by atoms with Crippen LogP contribution in [0.3, 0.4) is 0 Å². The van der Waals surface area contributed by atoms with Gasteiger partial charge >= 0.3 is 0 Å². The van der Waals surface area contributed by atoms with E-state index in [0.29, 0.717) is 11.1 Å². The van der Waals surface area contributed by atoms with E-state index in [9.17, 15) is 13.2 Å². The average molecular weight is 474 g/mol. The van der Waals surface area contributed by atoms with Crippen molar-refractivity contribution in [3.63, 3.8) is 0 Å². The standard InChI is InChI=1S/C27H27N3O3S/c1-6-34(32,33)28-20-14-15-25(30(5)26-18(2)10-9-11-19(26)3)23(16-20)24-17-29(4)27(31)22-13-8-7-12-21(22)24/h6-17,28H,1H2,2-5H3. The summed E-state index contributed by atoms with van der Waals surface area (Å²) in [5.41, 5.74) is 6.12. The average Bonchev–Trinajstić information content (AvgIpc) is 2.81. The fraction of sp³-hybridized carbons (Fsp3) is 0.148. The Balaban J connectivity index is 2.04. The van der Waals surface area contributed by atoms with Crippen molar-refractivity contribution in [3.05, 3.63) is 100 Å². The molecule has 0 aliphatic rings. The van der Waals surface area contributed by atoms with Gasteiger partial charge in [0, 0.05) is 59.3 Å². The molecule has 0 amide bonds. The van der Waals surface area contributed by atoms with Gasteiger partial charge in [-0.25, -0.2) is 8.42 Å². The van der Waals surface area contributed by atoms with Crippen molar-refractivity contribution < 1.29 is 8.42 Å². The Bertz CT molecular complexity index is 1570. The van der Waals surface area contributed by atoms with Crippen molar-refractivity contribution >= 4 is 37.9 Å². The summed E-state index contributed by atoms with van der Waals surface area (Å²) in [6, 6.07) is 19.0. The Labute approximate surface area is 199 Å². The first-order valence-electron chi connectivity index (χ1n) is 10.8. The van der Waals surface area contributed by atoms with E-state index in [-0.39, 0.29) is 5.56 Å². The van der Waals surface area contributed by atoms with Crippen molar-refractivity contribution in [2.24, 2.45) is 7.05 Å². The molecule has 4 aromatic rings. The van der Waals surface area contributed by atoms with Crippen LogP contribution in [0.2, 0.25) is 0 Å². The summed E-state index contributed by atoms with van der Waals surface area (Å²) in [6.07, 6.45) is 1.80. The number of aromatic nitrogens is 1. The number of aryl methyl sites for hydroxylation is 3.